The zero-order chi connectivity index (χ0) is 12.3. The molecule has 2 rings (SSSR count). The quantitative estimate of drug-likeness (QED) is 0.845. The van der Waals surface area contributed by atoms with Gasteiger partial charge in [-0.3, -0.25) is 0 Å². The summed E-state index contributed by atoms with van der Waals surface area (Å²) >= 11 is 5.93. The summed E-state index contributed by atoms with van der Waals surface area (Å²) in [6.45, 7) is 0.488. The lowest BCUT2D eigenvalue weighted by molar-refractivity contribution is 0.0150. The molecule has 96 valence electrons. The molecule has 17 heavy (non-hydrogen) atoms. The summed E-state index contributed by atoms with van der Waals surface area (Å²) in [7, 11) is 1.89. The number of hydrogen-bond acceptors (Lipinski definition) is 3. The molecule has 0 aromatic carbocycles. The molecule has 2 N–H and O–H groups in total. The number of halogens is 1. The van der Waals surface area contributed by atoms with Gasteiger partial charge in [0.25, 0.3) is 0 Å². The first kappa shape index (κ1) is 12.9. The van der Waals surface area contributed by atoms with Crippen molar-refractivity contribution < 1.29 is 4.74 Å². The van der Waals surface area contributed by atoms with Crippen molar-refractivity contribution in [2.45, 2.75) is 50.9 Å². The van der Waals surface area contributed by atoms with Crippen LogP contribution >= 0.6 is 11.6 Å². The minimum absolute atomic E-state index is 0.160. The van der Waals surface area contributed by atoms with E-state index in [0.717, 1.165) is 18.7 Å². The second kappa shape index (κ2) is 5.85. The highest BCUT2D eigenvalue weighted by Crippen LogP contribution is 2.20. The summed E-state index contributed by atoms with van der Waals surface area (Å²) in [6.07, 6.45) is 7.61. The molecule has 0 bridgehead atoms. The molecule has 1 aliphatic rings. The first-order valence-electron chi connectivity index (χ1n) is 6.21. The molecule has 0 spiro atoms. The predicted octanol–water partition coefficient (Wildman–Crippen LogP) is 2.25. The van der Waals surface area contributed by atoms with Gasteiger partial charge in [0.1, 0.15) is 17.6 Å². The molecule has 5 heteroatoms. The Morgan fingerprint density at radius 3 is 2.94 bits per heavy atom. The molecular weight excluding hydrogens is 238 g/mol. The van der Waals surface area contributed by atoms with E-state index < -0.39 is 0 Å². The van der Waals surface area contributed by atoms with Crippen molar-refractivity contribution in [2.75, 3.05) is 0 Å². The Kier molecular flexibility index (Phi) is 4.42. The fourth-order valence-electron chi connectivity index (χ4n) is 2.25. The molecule has 0 saturated heterocycles. The number of hydrogen-bond donors (Lipinski definition) is 1. The fourth-order valence-corrected chi connectivity index (χ4v) is 2.40. The van der Waals surface area contributed by atoms with Gasteiger partial charge in [0, 0.05) is 13.1 Å². The summed E-state index contributed by atoms with van der Waals surface area (Å²) in [5, 5.41) is 0.633. The van der Waals surface area contributed by atoms with Crippen LogP contribution in [-0.4, -0.2) is 21.7 Å². The highest BCUT2D eigenvalue weighted by atomic mass is 35.5. The maximum Gasteiger partial charge on any atom is 0.135 e. The second-order valence-electron chi connectivity index (χ2n) is 4.71. The van der Waals surface area contributed by atoms with E-state index in [9.17, 15) is 0 Å². The van der Waals surface area contributed by atoms with E-state index >= 15 is 0 Å². The molecule has 1 aromatic heterocycles. The van der Waals surface area contributed by atoms with Crippen molar-refractivity contribution >= 4 is 11.6 Å². The van der Waals surface area contributed by atoms with Gasteiger partial charge >= 0.3 is 0 Å². The Morgan fingerprint density at radius 2 is 2.24 bits per heavy atom. The molecule has 1 fully saturated rings. The van der Waals surface area contributed by atoms with Crippen molar-refractivity contribution in [1.29, 1.82) is 0 Å². The third kappa shape index (κ3) is 3.21. The monoisotopic (exact) mass is 257 g/mol. The first-order chi connectivity index (χ1) is 8.18. The van der Waals surface area contributed by atoms with Crippen LogP contribution in [0.25, 0.3) is 0 Å². The molecule has 2 atom stereocenters. The standard InChI is InChI=1S/C12H20ClN3O/c1-16-11(13)7-15-12(16)8-17-10-6-4-2-3-5-9(10)14/h7,9-10H,2-6,8,14H2,1H3. The third-order valence-electron chi connectivity index (χ3n) is 3.46. The summed E-state index contributed by atoms with van der Waals surface area (Å²) < 4.78 is 7.73. The summed E-state index contributed by atoms with van der Waals surface area (Å²) in [4.78, 5) is 4.21. The van der Waals surface area contributed by atoms with Crippen molar-refractivity contribution in [3.8, 4) is 0 Å². The molecule has 1 aliphatic carbocycles. The van der Waals surface area contributed by atoms with Crippen molar-refractivity contribution in [2.24, 2.45) is 12.8 Å². The van der Waals surface area contributed by atoms with E-state index in [2.05, 4.69) is 4.98 Å². The van der Waals surface area contributed by atoms with E-state index in [1.807, 2.05) is 11.6 Å². The number of aromatic nitrogens is 2. The van der Waals surface area contributed by atoms with Crippen molar-refractivity contribution in [1.82, 2.24) is 9.55 Å². The molecule has 1 aromatic rings. The maximum absolute atomic E-state index is 6.11. The lowest BCUT2D eigenvalue weighted by atomic mass is 10.1. The molecule has 1 heterocycles. The van der Waals surface area contributed by atoms with Crippen LogP contribution in [0.3, 0.4) is 0 Å². The Balaban J connectivity index is 1.90. The largest absolute Gasteiger partial charge is 0.369 e. The summed E-state index contributed by atoms with van der Waals surface area (Å²) in [5.41, 5.74) is 6.11. The van der Waals surface area contributed by atoms with Crippen LogP contribution in [0.5, 0.6) is 0 Å². The minimum atomic E-state index is 0.160. The van der Waals surface area contributed by atoms with Crippen LogP contribution in [0.15, 0.2) is 6.20 Å². The third-order valence-corrected chi connectivity index (χ3v) is 3.81. The topological polar surface area (TPSA) is 53.1 Å². The van der Waals surface area contributed by atoms with Gasteiger partial charge in [-0.1, -0.05) is 30.9 Å². The number of imidazole rings is 1. The molecule has 4 nitrogen and oxygen atoms in total. The number of ether oxygens (including phenoxy) is 1. The van der Waals surface area contributed by atoms with Gasteiger partial charge in [0.15, 0.2) is 0 Å². The van der Waals surface area contributed by atoms with E-state index in [0.29, 0.717) is 11.8 Å². The van der Waals surface area contributed by atoms with E-state index in [1.54, 1.807) is 6.20 Å². The van der Waals surface area contributed by atoms with E-state index in [4.69, 9.17) is 22.1 Å². The Labute approximate surface area is 107 Å². The van der Waals surface area contributed by atoms with E-state index in [-0.39, 0.29) is 12.1 Å². The van der Waals surface area contributed by atoms with E-state index in [1.165, 1.54) is 19.3 Å². The van der Waals surface area contributed by atoms with Gasteiger partial charge in [0.2, 0.25) is 0 Å². The van der Waals surface area contributed by atoms with Crippen LogP contribution in [0, 0.1) is 0 Å². The lowest BCUT2D eigenvalue weighted by Crippen LogP contribution is -2.35. The van der Waals surface area contributed by atoms with Crippen LogP contribution in [0.1, 0.15) is 37.9 Å². The van der Waals surface area contributed by atoms with Gasteiger partial charge in [-0.15, -0.1) is 0 Å². The Morgan fingerprint density at radius 1 is 1.47 bits per heavy atom. The SMILES string of the molecule is Cn1c(Cl)cnc1COC1CCCCCC1N. The average molecular weight is 258 g/mol. The maximum atomic E-state index is 6.11. The molecule has 1 saturated carbocycles. The first-order valence-corrected chi connectivity index (χ1v) is 6.59. The number of nitrogens with two attached hydrogens (primary N) is 1. The van der Waals surface area contributed by atoms with Gasteiger partial charge < -0.3 is 15.0 Å². The Hall–Kier alpha value is -0.580. The molecule has 0 amide bonds. The van der Waals surface area contributed by atoms with Crippen molar-refractivity contribution in [3.05, 3.63) is 17.2 Å². The zero-order valence-corrected chi connectivity index (χ0v) is 11.0. The highest BCUT2D eigenvalue weighted by Gasteiger charge is 2.21. The molecule has 0 radical (unpaired) electrons. The summed E-state index contributed by atoms with van der Waals surface area (Å²) in [6, 6.07) is 0.160. The lowest BCUT2D eigenvalue weighted by Gasteiger charge is -2.21. The minimum Gasteiger partial charge on any atom is -0.369 e. The van der Waals surface area contributed by atoms with Crippen LogP contribution in [0.2, 0.25) is 5.15 Å². The predicted molar refractivity (Wildman–Crippen MR) is 67.9 cm³/mol. The Bertz CT molecular complexity index is 367. The number of nitrogens with zero attached hydrogens (tertiary/aromatic N) is 2. The zero-order valence-electron chi connectivity index (χ0n) is 10.2. The van der Waals surface area contributed by atoms with Crippen LogP contribution in [0.4, 0.5) is 0 Å². The van der Waals surface area contributed by atoms with Gasteiger partial charge in [-0.05, 0) is 12.8 Å². The molecular formula is C12H20ClN3O. The summed E-state index contributed by atoms with van der Waals surface area (Å²) in [5.74, 6) is 0.853. The van der Waals surface area contributed by atoms with Crippen LogP contribution < -0.4 is 5.73 Å². The van der Waals surface area contributed by atoms with Gasteiger partial charge in [-0.2, -0.15) is 0 Å². The molecule has 0 aliphatic heterocycles. The average Bonchev–Trinajstić information content (AvgIpc) is 2.53. The second-order valence-corrected chi connectivity index (χ2v) is 5.09. The molecule has 2 unspecified atom stereocenters. The van der Waals surface area contributed by atoms with Gasteiger partial charge in [0.05, 0.1) is 12.3 Å². The number of rotatable bonds is 3. The highest BCUT2D eigenvalue weighted by molar-refractivity contribution is 6.29. The fraction of sp³-hybridized carbons (Fsp3) is 0.750. The van der Waals surface area contributed by atoms with Crippen molar-refractivity contribution in [3.63, 3.8) is 0 Å². The normalized spacial score (nSPS) is 25.8. The smallest absolute Gasteiger partial charge is 0.135 e. The van der Waals surface area contributed by atoms with Crippen LogP contribution in [-0.2, 0) is 18.4 Å². The van der Waals surface area contributed by atoms with Gasteiger partial charge in [-0.25, -0.2) is 4.98 Å².